The first kappa shape index (κ1) is 13.2. The molecule has 1 N–H and O–H groups in total. The Morgan fingerprint density at radius 1 is 1.28 bits per heavy atom. The van der Waals surface area contributed by atoms with E-state index in [9.17, 15) is 9.59 Å². The fraction of sp³-hybridized carbons (Fsp3) is 0.333. The molecule has 1 unspecified atom stereocenters. The van der Waals surface area contributed by atoms with Crippen LogP contribution in [0.15, 0.2) is 18.2 Å². The monoisotopic (exact) mass is 286 g/mol. The summed E-state index contributed by atoms with van der Waals surface area (Å²) in [6.45, 7) is 1.92. The van der Waals surface area contributed by atoms with Crippen molar-refractivity contribution in [3.8, 4) is 0 Å². The van der Waals surface area contributed by atoms with Gasteiger partial charge in [-0.3, -0.25) is 9.59 Å². The zero-order valence-corrected chi connectivity index (χ0v) is 11.3. The van der Waals surface area contributed by atoms with Gasteiger partial charge in [-0.1, -0.05) is 29.3 Å². The Morgan fingerprint density at radius 2 is 1.89 bits per heavy atom. The number of rotatable bonds is 1. The van der Waals surface area contributed by atoms with Crippen LogP contribution in [-0.4, -0.2) is 24.4 Å². The third kappa shape index (κ3) is 2.44. The number of nitrogens with zero attached hydrogens (tertiary/aromatic N) is 1. The molecule has 4 nitrogen and oxygen atoms in total. The average molecular weight is 287 g/mol. The van der Waals surface area contributed by atoms with Crippen LogP contribution < -0.4 is 10.2 Å². The highest BCUT2D eigenvalue weighted by atomic mass is 35.5. The van der Waals surface area contributed by atoms with E-state index in [4.69, 9.17) is 23.2 Å². The summed E-state index contributed by atoms with van der Waals surface area (Å²) in [7, 11) is 0. The number of anilines is 1. The smallest absolute Gasteiger partial charge is 0.249 e. The Balaban J connectivity index is 2.42. The summed E-state index contributed by atoms with van der Waals surface area (Å²) >= 11 is 12.2. The summed E-state index contributed by atoms with van der Waals surface area (Å²) < 4.78 is 0. The van der Waals surface area contributed by atoms with Gasteiger partial charge in [0, 0.05) is 13.0 Å². The SMILES string of the molecule is CC1NC(=O)CCN(c2c(Cl)cccc2Cl)C1=O. The number of amides is 2. The molecule has 1 aliphatic heterocycles. The summed E-state index contributed by atoms with van der Waals surface area (Å²) in [4.78, 5) is 25.1. The lowest BCUT2D eigenvalue weighted by atomic mass is 10.2. The fourth-order valence-electron chi connectivity index (χ4n) is 1.90. The number of halogens is 2. The van der Waals surface area contributed by atoms with Crippen molar-refractivity contribution in [1.82, 2.24) is 5.32 Å². The number of para-hydroxylation sites is 1. The molecule has 1 atom stereocenters. The van der Waals surface area contributed by atoms with Crippen molar-refractivity contribution in [3.05, 3.63) is 28.2 Å². The first-order valence-electron chi connectivity index (χ1n) is 5.55. The van der Waals surface area contributed by atoms with Crippen molar-refractivity contribution in [1.29, 1.82) is 0 Å². The van der Waals surface area contributed by atoms with Crippen molar-refractivity contribution in [2.75, 3.05) is 11.4 Å². The lowest BCUT2D eigenvalue weighted by Gasteiger charge is -2.24. The predicted molar refractivity (Wildman–Crippen MR) is 71.0 cm³/mol. The summed E-state index contributed by atoms with van der Waals surface area (Å²) in [5, 5.41) is 3.41. The molecule has 18 heavy (non-hydrogen) atoms. The van der Waals surface area contributed by atoms with Gasteiger partial charge in [-0.2, -0.15) is 0 Å². The normalized spacial score (nSPS) is 20.6. The maximum Gasteiger partial charge on any atom is 0.249 e. The van der Waals surface area contributed by atoms with Crippen LogP contribution in [0.25, 0.3) is 0 Å². The highest BCUT2D eigenvalue weighted by molar-refractivity contribution is 6.40. The van der Waals surface area contributed by atoms with Gasteiger partial charge in [-0.25, -0.2) is 0 Å². The van der Waals surface area contributed by atoms with E-state index in [2.05, 4.69) is 5.32 Å². The summed E-state index contributed by atoms with van der Waals surface area (Å²) in [5.74, 6) is -0.364. The Hall–Kier alpha value is -1.26. The standard InChI is InChI=1S/C12H12Cl2N2O2/c1-7-12(18)16(6-5-10(17)15-7)11-8(13)3-2-4-9(11)14/h2-4,7H,5-6H2,1H3,(H,15,17). The molecule has 0 aliphatic carbocycles. The second kappa shape index (κ2) is 5.16. The Labute approximate surface area is 115 Å². The van der Waals surface area contributed by atoms with Gasteiger partial charge in [0.05, 0.1) is 15.7 Å². The zero-order chi connectivity index (χ0) is 13.3. The van der Waals surface area contributed by atoms with Gasteiger partial charge in [-0.05, 0) is 19.1 Å². The molecule has 0 bridgehead atoms. The highest BCUT2D eigenvalue weighted by Gasteiger charge is 2.29. The minimum absolute atomic E-state index is 0.151. The van der Waals surface area contributed by atoms with Gasteiger partial charge in [0.1, 0.15) is 6.04 Å². The molecular formula is C12H12Cl2N2O2. The zero-order valence-electron chi connectivity index (χ0n) is 9.74. The van der Waals surface area contributed by atoms with E-state index >= 15 is 0 Å². The summed E-state index contributed by atoms with van der Waals surface area (Å²) in [6.07, 6.45) is 0.234. The molecule has 0 aromatic heterocycles. The molecule has 96 valence electrons. The summed E-state index contributed by atoms with van der Waals surface area (Å²) in [5.41, 5.74) is 0.467. The molecule has 0 spiro atoms. The molecule has 1 aromatic carbocycles. The Kier molecular flexibility index (Phi) is 3.78. The number of hydrogen-bond acceptors (Lipinski definition) is 2. The van der Waals surface area contributed by atoms with Crippen LogP contribution in [0.1, 0.15) is 13.3 Å². The Bertz CT molecular complexity index is 485. The minimum Gasteiger partial charge on any atom is -0.345 e. The van der Waals surface area contributed by atoms with Crippen LogP contribution >= 0.6 is 23.2 Å². The molecule has 1 saturated heterocycles. The third-order valence-corrected chi connectivity index (χ3v) is 3.39. The molecule has 2 amide bonds. The van der Waals surface area contributed by atoms with Gasteiger partial charge in [0.15, 0.2) is 0 Å². The van der Waals surface area contributed by atoms with Gasteiger partial charge in [0.2, 0.25) is 11.8 Å². The van der Waals surface area contributed by atoms with Crippen molar-refractivity contribution < 1.29 is 9.59 Å². The predicted octanol–water partition coefficient (Wildman–Crippen LogP) is 2.23. The van der Waals surface area contributed by atoms with Gasteiger partial charge >= 0.3 is 0 Å². The number of hydrogen-bond donors (Lipinski definition) is 1. The first-order chi connectivity index (χ1) is 8.50. The summed E-state index contributed by atoms with van der Waals surface area (Å²) in [6, 6.07) is 4.47. The topological polar surface area (TPSA) is 49.4 Å². The van der Waals surface area contributed by atoms with E-state index in [1.165, 1.54) is 4.90 Å². The minimum atomic E-state index is -0.577. The van der Waals surface area contributed by atoms with E-state index in [1.54, 1.807) is 25.1 Å². The number of benzene rings is 1. The average Bonchev–Trinajstić information content (AvgIpc) is 2.42. The second-order valence-electron chi connectivity index (χ2n) is 4.10. The van der Waals surface area contributed by atoms with E-state index in [1.807, 2.05) is 0 Å². The van der Waals surface area contributed by atoms with Crippen LogP contribution in [-0.2, 0) is 9.59 Å². The maximum atomic E-state index is 12.2. The molecule has 1 aliphatic rings. The van der Waals surface area contributed by atoms with Gasteiger partial charge in [-0.15, -0.1) is 0 Å². The van der Waals surface area contributed by atoms with E-state index in [-0.39, 0.29) is 24.8 Å². The van der Waals surface area contributed by atoms with Crippen LogP contribution in [0, 0.1) is 0 Å². The van der Waals surface area contributed by atoms with Crippen molar-refractivity contribution in [2.24, 2.45) is 0 Å². The van der Waals surface area contributed by atoms with E-state index in [0.29, 0.717) is 15.7 Å². The number of carbonyl (C=O) groups is 2. The number of carbonyl (C=O) groups excluding carboxylic acids is 2. The highest BCUT2D eigenvalue weighted by Crippen LogP contribution is 2.34. The molecule has 1 aromatic rings. The molecule has 2 rings (SSSR count). The van der Waals surface area contributed by atoms with Crippen LogP contribution in [0.4, 0.5) is 5.69 Å². The van der Waals surface area contributed by atoms with Crippen LogP contribution in [0.5, 0.6) is 0 Å². The number of nitrogens with one attached hydrogen (secondary N) is 1. The molecule has 1 fully saturated rings. The van der Waals surface area contributed by atoms with Gasteiger partial charge < -0.3 is 10.2 Å². The Morgan fingerprint density at radius 3 is 2.50 bits per heavy atom. The van der Waals surface area contributed by atoms with Gasteiger partial charge in [0.25, 0.3) is 0 Å². The largest absolute Gasteiger partial charge is 0.345 e. The lowest BCUT2D eigenvalue weighted by molar-refractivity contribution is -0.125. The quantitative estimate of drug-likeness (QED) is 0.861. The first-order valence-corrected chi connectivity index (χ1v) is 6.31. The van der Waals surface area contributed by atoms with Crippen molar-refractivity contribution in [3.63, 3.8) is 0 Å². The maximum absolute atomic E-state index is 12.2. The van der Waals surface area contributed by atoms with Crippen LogP contribution in [0.2, 0.25) is 10.0 Å². The second-order valence-corrected chi connectivity index (χ2v) is 4.91. The molecular weight excluding hydrogens is 275 g/mol. The molecule has 0 saturated carbocycles. The van der Waals surface area contributed by atoms with Crippen molar-refractivity contribution >= 4 is 40.7 Å². The fourth-order valence-corrected chi connectivity index (χ4v) is 2.50. The van der Waals surface area contributed by atoms with E-state index < -0.39 is 6.04 Å². The molecule has 1 heterocycles. The molecule has 6 heteroatoms. The van der Waals surface area contributed by atoms with Crippen molar-refractivity contribution in [2.45, 2.75) is 19.4 Å². The lowest BCUT2D eigenvalue weighted by Crippen LogP contribution is -2.42. The molecule has 0 radical (unpaired) electrons. The van der Waals surface area contributed by atoms with Crippen LogP contribution in [0.3, 0.4) is 0 Å². The van der Waals surface area contributed by atoms with E-state index in [0.717, 1.165) is 0 Å². The third-order valence-electron chi connectivity index (χ3n) is 2.78.